The van der Waals surface area contributed by atoms with Crippen LogP contribution in [0.25, 0.3) is 0 Å². The molecule has 0 saturated heterocycles. The lowest BCUT2D eigenvalue weighted by Crippen LogP contribution is -2.18. The van der Waals surface area contributed by atoms with Gasteiger partial charge in [-0.15, -0.1) is 0 Å². The number of carboxylic acids is 1. The van der Waals surface area contributed by atoms with Crippen LogP contribution in [0, 0.1) is 17.3 Å². The Kier molecular flexibility index (Phi) is 3.18. The highest BCUT2D eigenvalue weighted by molar-refractivity contribution is 6.00. The summed E-state index contributed by atoms with van der Waals surface area (Å²) < 4.78 is 5.03. The molecule has 1 fully saturated rings. The zero-order valence-corrected chi connectivity index (χ0v) is 11.0. The van der Waals surface area contributed by atoms with E-state index in [1.165, 1.54) is 7.11 Å². The molecule has 0 spiro atoms. The quantitative estimate of drug-likeness (QED) is 0.857. The first-order chi connectivity index (χ1) is 8.89. The van der Waals surface area contributed by atoms with E-state index in [1.54, 1.807) is 32.2 Å². The SMILES string of the molecule is COc1ncccc1NC(=O)[C@H]1[C@@H](C(=O)O)C1(C)C. The number of aliphatic carboxylic acids is 1. The fourth-order valence-corrected chi connectivity index (χ4v) is 2.45. The third-order valence-electron chi connectivity index (χ3n) is 3.60. The van der Waals surface area contributed by atoms with E-state index in [9.17, 15) is 9.59 Å². The van der Waals surface area contributed by atoms with E-state index in [0.717, 1.165) is 0 Å². The number of hydrogen-bond acceptors (Lipinski definition) is 4. The Morgan fingerprint density at radius 1 is 1.42 bits per heavy atom. The molecular weight excluding hydrogens is 248 g/mol. The van der Waals surface area contributed by atoms with E-state index in [4.69, 9.17) is 9.84 Å². The van der Waals surface area contributed by atoms with Crippen molar-refractivity contribution in [2.24, 2.45) is 17.3 Å². The van der Waals surface area contributed by atoms with E-state index in [2.05, 4.69) is 10.3 Å². The normalized spacial score (nSPS) is 23.5. The van der Waals surface area contributed by atoms with Crippen molar-refractivity contribution in [3.8, 4) is 5.88 Å². The van der Waals surface area contributed by atoms with E-state index < -0.39 is 23.2 Å². The molecule has 1 aromatic heterocycles. The van der Waals surface area contributed by atoms with Gasteiger partial charge in [0.15, 0.2) is 0 Å². The molecule has 0 aromatic carbocycles. The predicted octanol–water partition coefficient (Wildman–Crippen LogP) is 1.39. The molecular formula is C13H16N2O4. The number of amides is 1. The van der Waals surface area contributed by atoms with E-state index in [-0.39, 0.29) is 5.91 Å². The number of rotatable bonds is 4. The van der Waals surface area contributed by atoms with Gasteiger partial charge in [0.1, 0.15) is 5.69 Å². The lowest BCUT2D eigenvalue weighted by atomic mass is 10.1. The average molecular weight is 264 g/mol. The first kappa shape index (κ1) is 13.3. The molecule has 102 valence electrons. The summed E-state index contributed by atoms with van der Waals surface area (Å²) in [5.74, 6) is -2.13. The Balaban J connectivity index is 2.13. The fourth-order valence-electron chi connectivity index (χ4n) is 2.45. The Bertz CT molecular complexity index is 527. The van der Waals surface area contributed by atoms with Crippen molar-refractivity contribution in [3.63, 3.8) is 0 Å². The number of aromatic nitrogens is 1. The number of ether oxygens (including phenoxy) is 1. The van der Waals surface area contributed by atoms with Crippen molar-refractivity contribution in [2.75, 3.05) is 12.4 Å². The maximum Gasteiger partial charge on any atom is 0.307 e. The van der Waals surface area contributed by atoms with E-state index in [1.807, 2.05) is 0 Å². The van der Waals surface area contributed by atoms with Crippen LogP contribution in [0.15, 0.2) is 18.3 Å². The van der Waals surface area contributed by atoms with Crippen LogP contribution in [-0.2, 0) is 9.59 Å². The van der Waals surface area contributed by atoms with Gasteiger partial charge in [0.2, 0.25) is 11.8 Å². The van der Waals surface area contributed by atoms with Gasteiger partial charge in [-0.25, -0.2) is 4.98 Å². The Morgan fingerprint density at radius 2 is 2.11 bits per heavy atom. The van der Waals surface area contributed by atoms with Crippen LogP contribution in [-0.4, -0.2) is 29.1 Å². The van der Waals surface area contributed by atoms with Gasteiger partial charge in [-0.2, -0.15) is 0 Å². The summed E-state index contributed by atoms with van der Waals surface area (Å²) >= 11 is 0. The number of pyridine rings is 1. The van der Waals surface area contributed by atoms with Crippen molar-refractivity contribution in [1.82, 2.24) is 4.98 Å². The van der Waals surface area contributed by atoms with Crippen molar-refractivity contribution >= 4 is 17.6 Å². The second-order valence-electron chi connectivity index (χ2n) is 5.16. The Hall–Kier alpha value is -2.11. The van der Waals surface area contributed by atoms with Crippen molar-refractivity contribution in [1.29, 1.82) is 0 Å². The monoisotopic (exact) mass is 264 g/mol. The first-order valence-electron chi connectivity index (χ1n) is 5.92. The summed E-state index contributed by atoms with van der Waals surface area (Å²) in [6.45, 7) is 3.55. The third-order valence-corrected chi connectivity index (χ3v) is 3.60. The number of carbonyl (C=O) groups is 2. The molecule has 0 unspecified atom stereocenters. The Labute approximate surface area is 110 Å². The third kappa shape index (κ3) is 2.25. The lowest BCUT2D eigenvalue weighted by Gasteiger charge is -2.09. The summed E-state index contributed by atoms with van der Waals surface area (Å²) in [4.78, 5) is 27.1. The van der Waals surface area contributed by atoms with Gasteiger partial charge in [0.25, 0.3) is 0 Å². The van der Waals surface area contributed by atoms with Gasteiger partial charge in [-0.1, -0.05) is 13.8 Å². The maximum absolute atomic E-state index is 12.1. The molecule has 1 saturated carbocycles. The number of nitrogens with one attached hydrogen (secondary N) is 1. The molecule has 6 heteroatoms. The highest BCUT2D eigenvalue weighted by Crippen LogP contribution is 2.58. The van der Waals surface area contributed by atoms with Crippen LogP contribution in [0.1, 0.15) is 13.8 Å². The second-order valence-corrected chi connectivity index (χ2v) is 5.16. The van der Waals surface area contributed by atoms with Crippen LogP contribution in [0.3, 0.4) is 0 Å². The fraction of sp³-hybridized carbons (Fsp3) is 0.462. The highest BCUT2D eigenvalue weighted by Gasteiger charge is 2.65. The van der Waals surface area contributed by atoms with Crippen molar-refractivity contribution in [2.45, 2.75) is 13.8 Å². The highest BCUT2D eigenvalue weighted by atomic mass is 16.5. The smallest absolute Gasteiger partial charge is 0.307 e. The summed E-state index contributed by atoms with van der Waals surface area (Å²) in [5.41, 5.74) is -0.0763. The van der Waals surface area contributed by atoms with Gasteiger partial charge < -0.3 is 15.2 Å². The largest absolute Gasteiger partial charge is 0.481 e. The molecule has 2 rings (SSSR count). The number of hydrogen-bond donors (Lipinski definition) is 2. The predicted molar refractivity (Wildman–Crippen MR) is 67.8 cm³/mol. The molecule has 0 aliphatic heterocycles. The minimum absolute atomic E-state index is 0.307. The molecule has 19 heavy (non-hydrogen) atoms. The molecule has 1 heterocycles. The molecule has 1 aliphatic carbocycles. The number of nitrogens with zero attached hydrogens (tertiary/aromatic N) is 1. The standard InChI is InChI=1S/C13H16N2O4/c1-13(2)8(9(13)12(17)18)10(16)15-7-5-4-6-14-11(7)19-3/h4-6,8-9H,1-3H3,(H,15,16)(H,17,18)/t8-,9+/m1/s1. The van der Waals surface area contributed by atoms with Gasteiger partial charge in [0, 0.05) is 6.20 Å². The Morgan fingerprint density at radius 3 is 2.63 bits per heavy atom. The van der Waals surface area contributed by atoms with Crippen LogP contribution < -0.4 is 10.1 Å². The molecule has 6 nitrogen and oxygen atoms in total. The molecule has 2 N–H and O–H groups in total. The number of anilines is 1. The number of carboxylic acid groups (broad SMARTS) is 1. The first-order valence-corrected chi connectivity index (χ1v) is 5.92. The number of carbonyl (C=O) groups excluding carboxylic acids is 1. The molecule has 0 bridgehead atoms. The average Bonchev–Trinajstić information content (AvgIpc) is 2.93. The second kappa shape index (κ2) is 4.53. The summed E-state index contributed by atoms with van der Waals surface area (Å²) in [5, 5.41) is 11.7. The summed E-state index contributed by atoms with van der Waals surface area (Å²) in [6.07, 6.45) is 1.55. The van der Waals surface area contributed by atoms with E-state index >= 15 is 0 Å². The summed E-state index contributed by atoms with van der Waals surface area (Å²) in [6, 6.07) is 3.33. The maximum atomic E-state index is 12.1. The van der Waals surface area contributed by atoms with Crippen LogP contribution >= 0.6 is 0 Å². The minimum atomic E-state index is -0.941. The van der Waals surface area contributed by atoms with Crippen LogP contribution in [0.4, 0.5) is 5.69 Å². The van der Waals surface area contributed by atoms with Crippen molar-refractivity contribution in [3.05, 3.63) is 18.3 Å². The molecule has 2 atom stereocenters. The number of methoxy groups -OCH3 is 1. The lowest BCUT2D eigenvalue weighted by molar-refractivity contribution is -0.140. The minimum Gasteiger partial charge on any atom is -0.481 e. The zero-order chi connectivity index (χ0) is 14.2. The summed E-state index contributed by atoms with van der Waals surface area (Å²) in [7, 11) is 1.46. The molecule has 1 aromatic rings. The van der Waals surface area contributed by atoms with Crippen LogP contribution in [0.2, 0.25) is 0 Å². The van der Waals surface area contributed by atoms with Crippen molar-refractivity contribution < 1.29 is 19.4 Å². The van der Waals surface area contributed by atoms with Gasteiger partial charge in [-0.3, -0.25) is 9.59 Å². The zero-order valence-electron chi connectivity index (χ0n) is 11.0. The molecule has 0 radical (unpaired) electrons. The molecule has 1 amide bonds. The van der Waals surface area contributed by atoms with Gasteiger partial charge in [-0.05, 0) is 17.5 Å². The van der Waals surface area contributed by atoms with E-state index in [0.29, 0.717) is 11.6 Å². The topological polar surface area (TPSA) is 88.5 Å². The van der Waals surface area contributed by atoms with Gasteiger partial charge in [0.05, 0.1) is 18.9 Å². The van der Waals surface area contributed by atoms with Crippen LogP contribution in [0.5, 0.6) is 5.88 Å². The van der Waals surface area contributed by atoms with Gasteiger partial charge >= 0.3 is 5.97 Å². The molecule has 1 aliphatic rings.